The van der Waals surface area contributed by atoms with Crippen LogP contribution in [0.5, 0.6) is 0 Å². The van der Waals surface area contributed by atoms with E-state index in [2.05, 4.69) is 29.4 Å². The van der Waals surface area contributed by atoms with Gasteiger partial charge in [-0.3, -0.25) is 9.59 Å². The minimum Gasteiger partial charge on any atom is -0.354 e. The van der Waals surface area contributed by atoms with Gasteiger partial charge in [0.05, 0.1) is 17.5 Å². The third-order valence-corrected chi connectivity index (χ3v) is 5.96. The fraction of sp³-hybridized carbons (Fsp3) is 0.571. The Labute approximate surface area is 160 Å². The molecule has 1 fully saturated rings. The molecular weight excluding hydrogens is 340 g/mol. The lowest BCUT2D eigenvalue weighted by molar-refractivity contribution is -0.121. The van der Waals surface area contributed by atoms with E-state index in [0.29, 0.717) is 17.6 Å². The van der Waals surface area contributed by atoms with Crippen LogP contribution in [0.1, 0.15) is 44.2 Å². The summed E-state index contributed by atoms with van der Waals surface area (Å²) in [7, 11) is 5.85. The zero-order valence-electron chi connectivity index (χ0n) is 16.6. The smallest absolute Gasteiger partial charge is 0.274 e. The summed E-state index contributed by atoms with van der Waals surface area (Å²) in [5.74, 6) is -0.0447. The Hall–Kier alpha value is -2.21. The van der Waals surface area contributed by atoms with E-state index in [1.54, 1.807) is 13.1 Å². The van der Waals surface area contributed by atoms with Crippen molar-refractivity contribution in [2.75, 3.05) is 20.6 Å². The first-order valence-electron chi connectivity index (χ1n) is 9.82. The van der Waals surface area contributed by atoms with E-state index < -0.39 is 0 Å². The lowest BCUT2D eigenvalue weighted by atomic mass is 9.88. The highest BCUT2D eigenvalue weighted by Gasteiger charge is 2.33. The van der Waals surface area contributed by atoms with Crippen LogP contribution >= 0.6 is 0 Å². The fourth-order valence-electron chi connectivity index (χ4n) is 4.15. The number of aryl methyl sites for hydroxylation is 1. The van der Waals surface area contributed by atoms with Crippen molar-refractivity contribution in [3.8, 4) is 0 Å². The lowest BCUT2D eigenvalue weighted by Crippen LogP contribution is -2.52. The van der Waals surface area contributed by atoms with E-state index in [1.807, 2.05) is 18.2 Å². The van der Waals surface area contributed by atoms with Gasteiger partial charge in [-0.1, -0.05) is 43.9 Å². The summed E-state index contributed by atoms with van der Waals surface area (Å²) < 4.78 is 1.32. The number of hydrogen-bond donors (Lipinski definition) is 1. The minimum absolute atomic E-state index is 0.0329. The first-order chi connectivity index (χ1) is 12.9. The molecule has 1 saturated carbocycles. The molecule has 0 aliphatic heterocycles. The summed E-state index contributed by atoms with van der Waals surface area (Å²) in [4.78, 5) is 27.2. The Morgan fingerprint density at radius 3 is 2.41 bits per heavy atom. The monoisotopic (exact) mass is 370 g/mol. The Morgan fingerprint density at radius 1 is 1.15 bits per heavy atom. The summed E-state index contributed by atoms with van der Waals surface area (Å²) in [6.45, 7) is 0.655. The van der Waals surface area contributed by atoms with Crippen LogP contribution in [0.25, 0.3) is 10.8 Å². The van der Waals surface area contributed by atoms with Crippen LogP contribution in [-0.4, -0.2) is 46.8 Å². The van der Waals surface area contributed by atoms with Crippen LogP contribution in [0.2, 0.25) is 0 Å². The number of rotatable bonds is 5. The second-order valence-electron chi connectivity index (χ2n) is 7.91. The lowest BCUT2D eigenvalue weighted by Gasteiger charge is -2.39. The van der Waals surface area contributed by atoms with E-state index in [4.69, 9.17) is 0 Å². The molecule has 27 heavy (non-hydrogen) atoms. The average Bonchev–Trinajstić information content (AvgIpc) is 2.91. The maximum absolute atomic E-state index is 12.7. The molecule has 146 valence electrons. The number of carbonyl (C=O) groups excluding carboxylic acids is 1. The van der Waals surface area contributed by atoms with Crippen molar-refractivity contribution in [1.82, 2.24) is 20.0 Å². The summed E-state index contributed by atoms with van der Waals surface area (Å²) in [5, 5.41) is 8.84. The fourth-order valence-corrected chi connectivity index (χ4v) is 4.15. The van der Waals surface area contributed by atoms with Crippen LogP contribution in [0.15, 0.2) is 29.1 Å². The van der Waals surface area contributed by atoms with Crippen molar-refractivity contribution in [2.45, 2.75) is 50.5 Å². The Bertz CT molecular complexity index is 864. The van der Waals surface area contributed by atoms with E-state index >= 15 is 0 Å². The quantitative estimate of drug-likeness (QED) is 0.820. The number of aromatic nitrogens is 2. The van der Waals surface area contributed by atoms with Crippen LogP contribution in [0.4, 0.5) is 0 Å². The van der Waals surface area contributed by atoms with Gasteiger partial charge >= 0.3 is 0 Å². The topological polar surface area (TPSA) is 67.2 Å². The summed E-state index contributed by atoms with van der Waals surface area (Å²) in [5.41, 5.74) is 0.537. The molecule has 6 nitrogen and oxygen atoms in total. The van der Waals surface area contributed by atoms with Crippen LogP contribution in [-0.2, 0) is 18.3 Å². The number of likely N-dealkylation sites (N-methyl/N-ethyl adjacent to an activating group) is 1. The van der Waals surface area contributed by atoms with Crippen molar-refractivity contribution in [3.05, 3.63) is 40.3 Å². The highest BCUT2D eigenvalue weighted by molar-refractivity contribution is 5.88. The predicted octanol–water partition coefficient (Wildman–Crippen LogP) is 2.25. The Balaban J connectivity index is 1.75. The summed E-state index contributed by atoms with van der Waals surface area (Å²) >= 11 is 0. The number of nitrogens with zero attached hydrogens (tertiary/aromatic N) is 3. The third kappa shape index (κ3) is 4.21. The molecule has 1 aliphatic rings. The van der Waals surface area contributed by atoms with E-state index in [0.717, 1.165) is 18.2 Å². The predicted molar refractivity (Wildman–Crippen MR) is 108 cm³/mol. The largest absolute Gasteiger partial charge is 0.354 e. The van der Waals surface area contributed by atoms with Gasteiger partial charge in [0.1, 0.15) is 0 Å². The van der Waals surface area contributed by atoms with Gasteiger partial charge in [-0.2, -0.15) is 5.10 Å². The molecule has 1 aromatic heterocycles. The molecule has 0 bridgehead atoms. The van der Waals surface area contributed by atoms with Crippen molar-refractivity contribution < 1.29 is 4.79 Å². The van der Waals surface area contributed by atoms with Crippen LogP contribution < -0.4 is 10.9 Å². The molecule has 1 heterocycles. The van der Waals surface area contributed by atoms with Crippen molar-refractivity contribution in [1.29, 1.82) is 0 Å². The molecular formula is C21H30N4O2. The van der Waals surface area contributed by atoms with Gasteiger partial charge in [-0.15, -0.1) is 0 Å². The van der Waals surface area contributed by atoms with Gasteiger partial charge in [-0.25, -0.2) is 4.68 Å². The normalized spacial score (nSPS) is 17.0. The molecule has 2 aromatic rings. The van der Waals surface area contributed by atoms with Gasteiger partial charge in [0.25, 0.3) is 5.56 Å². The third-order valence-electron chi connectivity index (χ3n) is 5.96. The molecule has 0 atom stereocenters. The number of benzene rings is 1. The number of amides is 1. The Morgan fingerprint density at radius 2 is 1.78 bits per heavy atom. The first-order valence-corrected chi connectivity index (χ1v) is 9.82. The number of carbonyl (C=O) groups is 1. The van der Waals surface area contributed by atoms with E-state index in [-0.39, 0.29) is 23.4 Å². The van der Waals surface area contributed by atoms with Crippen molar-refractivity contribution in [2.24, 2.45) is 7.05 Å². The molecule has 0 radical (unpaired) electrons. The van der Waals surface area contributed by atoms with Gasteiger partial charge in [0, 0.05) is 24.5 Å². The van der Waals surface area contributed by atoms with Crippen LogP contribution in [0, 0.1) is 0 Å². The minimum atomic E-state index is -0.139. The molecule has 0 spiro atoms. The van der Waals surface area contributed by atoms with Crippen molar-refractivity contribution in [3.63, 3.8) is 0 Å². The van der Waals surface area contributed by atoms with Gasteiger partial charge in [-0.05, 0) is 33.0 Å². The van der Waals surface area contributed by atoms with E-state index in [1.165, 1.54) is 30.4 Å². The molecule has 1 amide bonds. The van der Waals surface area contributed by atoms with Gasteiger partial charge in [0.15, 0.2) is 0 Å². The number of hydrogen-bond acceptors (Lipinski definition) is 4. The Kier molecular flexibility index (Phi) is 5.95. The van der Waals surface area contributed by atoms with Gasteiger partial charge < -0.3 is 10.2 Å². The summed E-state index contributed by atoms with van der Waals surface area (Å²) in [6.07, 6.45) is 7.37. The van der Waals surface area contributed by atoms with E-state index in [9.17, 15) is 9.59 Å². The van der Waals surface area contributed by atoms with Crippen LogP contribution in [0.3, 0.4) is 0 Å². The maximum Gasteiger partial charge on any atom is 0.274 e. The highest BCUT2D eigenvalue weighted by atomic mass is 16.1. The second-order valence-corrected chi connectivity index (χ2v) is 7.91. The standard InChI is InChI=1S/C21H30N4O2/c1-24(2)21(12-8-4-5-9-13-21)15-22-19(26)14-18-16-10-6-7-11-17(16)20(27)25(3)23-18/h6-7,10-11H,4-5,8-9,12-15H2,1-3H3,(H,22,26). The number of nitrogens with one attached hydrogen (secondary N) is 1. The zero-order valence-corrected chi connectivity index (χ0v) is 16.6. The first kappa shape index (κ1) is 19.5. The zero-order chi connectivity index (χ0) is 19.4. The summed E-state index contributed by atoms with van der Waals surface area (Å²) in [6, 6.07) is 7.35. The average molecular weight is 370 g/mol. The molecule has 1 N–H and O–H groups in total. The highest BCUT2D eigenvalue weighted by Crippen LogP contribution is 2.30. The molecule has 1 aromatic carbocycles. The number of fused-ring (bicyclic) bond motifs is 1. The molecule has 6 heteroatoms. The van der Waals surface area contributed by atoms with Gasteiger partial charge in [0.2, 0.25) is 5.91 Å². The molecule has 3 rings (SSSR count). The van der Waals surface area contributed by atoms with Crippen molar-refractivity contribution >= 4 is 16.7 Å². The maximum atomic E-state index is 12.7. The molecule has 1 aliphatic carbocycles. The SMILES string of the molecule is CN(C)C1(CNC(=O)Cc2nn(C)c(=O)c3ccccc23)CCCCCC1. The second kappa shape index (κ2) is 8.21. The molecule has 0 saturated heterocycles. The molecule has 0 unspecified atom stereocenters.